The maximum absolute atomic E-state index is 13.5. The van der Waals surface area contributed by atoms with Crippen LogP contribution in [0.5, 0.6) is 0 Å². The Morgan fingerprint density at radius 2 is 1.82 bits per heavy atom. The molecule has 3 aromatic rings. The van der Waals surface area contributed by atoms with Gasteiger partial charge in [0.2, 0.25) is 21.8 Å². The minimum Gasteiger partial charge on any atom is -0.338 e. The quantitative estimate of drug-likeness (QED) is 0.546. The number of amides is 1. The van der Waals surface area contributed by atoms with Crippen molar-refractivity contribution in [3.05, 3.63) is 70.9 Å². The largest absolute Gasteiger partial charge is 0.338 e. The van der Waals surface area contributed by atoms with Crippen LogP contribution in [0.15, 0.2) is 53.9 Å². The summed E-state index contributed by atoms with van der Waals surface area (Å²) in [5.74, 6) is -0.254. The molecule has 0 spiro atoms. The van der Waals surface area contributed by atoms with E-state index < -0.39 is 10.0 Å². The van der Waals surface area contributed by atoms with Gasteiger partial charge in [-0.1, -0.05) is 30.3 Å². The van der Waals surface area contributed by atoms with Crippen molar-refractivity contribution in [3.8, 4) is 11.4 Å². The first kappa shape index (κ1) is 22.7. The summed E-state index contributed by atoms with van der Waals surface area (Å²) in [5, 5.41) is 13.2. The van der Waals surface area contributed by atoms with Gasteiger partial charge >= 0.3 is 0 Å². The Balaban J connectivity index is 1.33. The minimum atomic E-state index is -3.58. The molecule has 0 unspecified atom stereocenters. The molecule has 1 aliphatic rings. The second-order valence-corrected chi connectivity index (χ2v) is 9.46. The lowest BCUT2D eigenvalue weighted by atomic mass is 10.1. The van der Waals surface area contributed by atoms with Gasteiger partial charge in [0.15, 0.2) is 0 Å². The standard InChI is InChI=1S/C22H23FN6O3S/c1-17-15-19(7-8-20(17)23)22-24-26-29(25-22)16-21(30)27-10-12-28(13-11-27)33(31,32)14-9-18-5-3-2-4-6-18/h2-9,14-15H,10-13,16H2,1H3/b14-9+. The number of rotatable bonds is 6. The molecule has 2 heterocycles. The highest BCUT2D eigenvalue weighted by molar-refractivity contribution is 7.92. The van der Waals surface area contributed by atoms with Crippen molar-refractivity contribution < 1.29 is 17.6 Å². The van der Waals surface area contributed by atoms with Crippen LogP contribution in [-0.2, 0) is 21.4 Å². The Morgan fingerprint density at radius 1 is 1.09 bits per heavy atom. The van der Waals surface area contributed by atoms with Gasteiger partial charge < -0.3 is 4.90 Å². The van der Waals surface area contributed by atoms with Crippen LogP contribution >= 0.6 is 0 Å². The van der Waals surface area contributed by atoms with Crippen LogP contribution in [0.2, 0.25) is 0 Å². The molecule has 1 aliphatic heterocycles. The maximum atomic E-state index is 13.5. The zero-order valence-electron chi connectivity index (χ0n) is 18.0. The number of piperazine rings is 1. The number of aromatic nitrogens is 4. The predicted molar refractivity (Wildman–Crippen MR) is 120 cm³/mol. The first-order valence-corrected chi connectivity index (χ1v) is 11.9. The Bertz CT molecular complexity index is 1270. The molecule has 0 atom stereocenters. The fraction of sp³-hybridized carbons (Fsp3) is 0.273. The highest BCUT2D eigenvalue weighted by Gasteiger charge is 2.27. The van der Waals surface area contributed by atoms with Crippen LogP contribution in [0.3, 0.4) is 0 Å². The first-order valence-electron chi connectivity index (χ1n) is 10.4. The van der Waals surface area contributed by atoms with E-state index in [0.29, 0.717) is 17.0 Å². The molecule has 0 radical (unpaired) electrons. The highest BCUT2D eigenvalue weighted by atomic mass is 32.2. The average molecular weight is 471 g/mol. The Kier molecular flexibility index (Phi) is 6.61. The molecule has 33 heavy (non-hydrogen) atoms. The van der Waals surface area contributed by atoms with E-state index in [1.807, 2.05) is 30.3 Å². The smallest absolute Gasteiger partial charge is 0.246 e. The summed E-state index contributed by atoms with van der Waals surface area (Å²) in [6.07, 6.45) is 1.56. The van der Waals surface area contributed by atoms with Crippen molar-refractivity contribution in [2.45, 2.75) is 13.5 Å². The molecule has 0 N–H and O–H groups in total. The van der Waals surface area contributed by atoms with Gasteiger partial charge in [-0.3, -0.25) is 4.79 Å². The lowest BCUT2D eigenvalue weighted by Crippen LogP contribution is -2.50. The third-order valence-corrected chi connectivity index (χ3v) is 6.89. The third-order valence-electron chi connectivity index (χ3n) is 5.33. The number of tetrazole rings is 1. The summed E-state index contributed by atoms with van der Waals surface area (Å²) >= 11 is 0. The van der Waals surface area contributed by atoms with Crippen molar-refractivity contribution in [2.24, 2.45) is 0 Å². The number of nitrogens with zero attached hydrogens (tertiary/aromatic N) is 6. The van der Waals surface area contributed by atoms with E-state index in [-0.39, 0.29) is 44.4 Å². The lowest BCUT2D eigenvalue weighted by Gasteiger charge is -2.33. The molecule has 11 heteroatoms. The number of sulfonamides is 1. The average Bonchev–Trinajstić information content (AvgIpc) is 3.29. The second-order valence-electron chi connectivity index (χ2n) is 7.65. The van der Waals surface area contributed by atoms with Crippen molar-refractivity contribution in [3.63, 3.8) is 0 Å². The fourth-order valence-corrected chi connectivity index (χ4v) is 4.61. The molecule has 0 aliphatic carbocycles. The highest BCUT2D eigenvalue weighted by Crippen LogP contribution is 2.17. The predicted octanol–water partition coefficient (Wildman–Crippen LogP) is 1.93. The van der Waals surface area contributed by atoms with Crippen LogP contribution in [0.4, 0.5) is 4.39 Å². The van der Waals surface area contributed by atoms with Crippen molar-refractivity contribution in [2.75, 3.05) is 26.2 Å². The molecule has 1 fully saturated rings. The molecule has 0 bridgehead atoms. The fourth-order valence-electron chi connectivity index (χ4n) is 3.44. The lowest BCUT2D eigenvalue weighted by molar-refractivity contribution is -0.133. The molecule has 1 saturated heterocycles. The van der Waals surface area contributed by atoms with Gasteiger partial charge in [0.25, 0.3) is 0 Å². The zero-order valence-corrected chi connectivity index (χ0v) is 18.8. The van der Waals surface area contributed by atoms with E-state index in [1.54, 1.807) is 30.0 Å². The van der Waals surface area contributed by atoms with Gasteiger partial charge in [-0.05, 0) is 47.5 Å². The monoisotopic (exact) mass is 470 g/mol. The van der Waals surface area contributed by atoms with Gasteiger partial charge in [0.05, 0.1) is 0 Å². The Hall–Kier alpha value is -3.44. The summed E-state index contributed by atoms with van der Waals surface area (Å²) in [6, 6.07) is 13.7. The maximum Gasteiger partial charge on any atom is 0.246 e. The van der Waals surface area contributed by atoms with Crippen molar-refractivity contribution in [1.82, 2.24) is 29.4 Å². The molecule has 2 aromatic carbocycles. The molecule has 172 valence electrons. The summed E-state index contributed by atoms with van der Waals surface area (Å²) < 4.78 is 40.0. The van der Waals surface area contributed by atoms with Crippen LogP contribution in [0, 0.1) is 12.7 Å². The number of hydrogen-bond donors (Lipinski definition) is 0. The van der Waals surface area contributed by atoms with Gasteiger partial charge in [-0.25, -0.2) is 12.8 Å². The van der Waals surface area contributed by atoms with Gasteiger partial charge in [-0.2, -0.15) is 9.10 Å². The molecule has 1 amide bonds. The van der Waals surface area contributed by atoms with E-state index in [9.17, 15) is 17.6 Å². The number of benzene rings is 2. The van der Waals surface area contributed by atoms with Gasteiger partial charge in [0.1, 0.15) is 12.4 Å². The van der Waals surface area contributed by atoms with E-state index in [1.165, 1.54) is 20.6 Å². The van der Waals surface area contributed by atoms with Crippen LogP contribution < -0.4 is 0 Å². The van der Waals surface area contributed by atoms with Crippen molar-refractivity contribution >= 4 is 22.0 Å². The minimum absolute atomic E-state index is 0.117. The normalized spacial score (nSPS) is 15.3. The molecule has 4 rings (SSSR count). The van der Waals surface area contributed by atoms with E-state index in [2.05, 4.69) is 15.4 Å². The Morgan fingerprint density at radius 3 is 2.52 bits per heavy atom. The zero-order chi connectivity index (χ0) is 23.4. The number of carbonyl (C=O) groups excluding carboxylic acids is 1. The SMILES string of the molecule is Cc1cc(-c2nnn(CC(=O)N3CCN(S(=O)(=O)/C=C/c4ccccc4)CC3)n2)ccc1F. The summed E-state index contributed by atoms with van der Waals surface area (Å²) in [4.78, 5) is 15.4. The van der Waals surface area contributed by atoms with E-state index >= 15 is 0 Å². The van der Waals surface area contributed by atoms with Crippen molar-refractivity contribution in [1.29, 1.82) is 0 Å². The van der Waals surface area contributed by atoms with E-state index in [4.69, 9.17) is 0 Å². The second kappa shape index (κ2) is 9.59. The number of halogens is 1. The molecular formula is C22H23FN6O3S. The van der Waals surface area contributed by atoms with E-state index in [0.717, 1.165) is 5.56 Å². The first-order chi connectivity index (χ1) is 15.8. The number of aryl methyl sites for hydroxylation is 1. The van der Waals surface area contributed by atoms with Crippen LogP contribution in [-0.4, -0.2) is 69.9 Å². The van der Waals surface area contributed by atoms with Crippen LogP contribution in [0.1, 0.15) is 11.1 Å². The number of hydrogen-bond acceptors (Lipinski definition) is 6. The van der Waals surface area contributed by atoms with Gasteiger partial charge in [-0.15, -0.1) is 10.2 Å². The Labute approximate surface area is 191 Å². The topological polar surface area (TPSA) is 101 Å². The number of carbonyl (C=O) groups is 1. The summed E-state index contributed by atoms with van der Waals surface area (Å²) in [7, 11) is -3.58. The third kappa shape index (κ3) is 5.49. The summed E-state index contributed by atoms with van der Waals surface area (Å²) in [6.45, 7) is 2.49. The molecular weight excluding hydrogens is 447 g/mol. The molecule has 0 saturated carbocycles. The van der Waals surface area contributed by atoms with Gasteiger partial charge in [0, 0.05) is 37.2 Å². The van der Waals surface area contributed by atoms with Crippen LogP contribution in [0.25, 0.3) is 17.5 Å². The summed E-state index contributed by atoms with van der Waals surface area (Å²) in [5.41, 5.74) is 1.87. The molecule has 1 aromatic heterocycles. The molecule has 9 nitrogen and oxygen atoms in total.